The summed E-state index contributed by atoms with van der Waals surface area (Å²) in [5, 5.41) is 3.38. The van der Waals surface area contributed by atoms with Crippen LogP contribution in [0.4, 0.5) is 5.69 Å². The van der Waals surface area contributed by atoms with Gasteiger partial charge in [-0.2, -0.15) is 0 Å². The third-order valence-electron chi connectivity index (χ3n) is 5.10. The fraction of sp³-hybridized carbons (Fsp3) is 0.208. The highest BCUT2D eigenvalue weighted by atomic mass is 35.5. The molecule has 0 aliphatic carbocycles. The Kier molecular flexibility index (Phi) is 7.89. The molecule has 0 aliphatic heterocycles. The Morgan fingerprint density at radius 3 is 2.33 bits per heavy atom. The van der Waals surface area contributed by atoms with Gasteiger partial charge in [-0.1, -0.05) is 59.6 Å². The summed E-state index contributed by atoms with van der Waals surface area (Å²) in [7, 11) is -2.05. The number of halogens is 2. The van der Waals surface area contributed by atoms with E-state index in [0.717, 1.165) is 11.8 Å². The molecule has 3 aromatic carbocycles. The van der Waals surface area contributed by atoms with E-state index in [9.17, 15) is 13.2 Å². The molecule has 9 heteroatoms. The van der Waals surface area contributed by atoms with Crippen LogP contribution in [0.25, 0.3) is 0 Å². The second-order valence-corrected chi connectivity index (χ2v) is 10.2. The zero-order chi connectivity index (χ0) is 24.2. The lowest BCUT2D eigenvalue weighted by atomic mass is 10.1. The molecule has 0 radical (unpaired) electrons. The van der Waals surface area contributed by atoms with Crippen LogP contribution in [0.5, 0.6) is 5.75 Å². The number of hydrogen-bond acceptors (Lipinski definition) is 4. The molecule has 1 amide bonds. The van der Waals surface area contributed by atoms with Gasteiger partial charge in [0, 0.05) is 11.1 Å². The predicted octanol–water partition coefficient (Wildman–Crippen LogP) is 5.46. The highest BCUT2D eigenvalue weighted by Gasteiger charge is 2.22. The van der Waals surface area contributed by atoms with E-state index in [4.69, 9.17) is 27.9 Å². The van der Waals surface area contributed by atoms with Crippen LogP contribution >= 0.6 is 23.2 Å². The summed E-state index contributed by atoms with van der Waals surface area (Å²) in [4.78, 5) is 12.7. The summed E-state index contributed by atoms with van der Waals surface area (Å²) in [5.41, 5.74) is 2.30. The van der Waals surface area contributed by atoms with Crippen LogP contribution in [0, 0.1) is 0 Å². The Bertz CT molecular complexity index is 1250. The summed E-state index contributed by atoms with van der Waals surface area (Å²) in [5.74, 6) is 0.444. The molecule has 0 spiro atoms. The minimum Gasteiger partial charge on any atom is -0.496 e. The minimum atomic E-state index is -3.64. The van der Waals surface area contributed by atoms with Gasteiger partial charge >= 0.3 is 0 Å². The number of hydrogen-bond donors (Lipinski definition) is 1. The van der Waals surface area contributed by atoms with E-state index in [0.29, 0.717) is 22.6 Å². The van der Waals surface area contributed by atoms with Crippen LogP contribution < -0.4 is 14.4 Å². The molecule has 0 saturated heterocycles. The first-order valence-corrected chi connectivity index (χ1v) is 12.7. The quantitative estimate of drug-likeness (QED) is 0.440. The average Bonchev–Trinajstić information content (AvgIpc) is 2.79. The van der Waals surface area contributed by atoms with E-state index in [-0.39, 0.29) is 28.5 Å². The van der Waals surface area contributed by atoms with Gasteiger partial charge in [0.15, 0.2) is 0 Å². The van der Waals surface area contributed by atoms with Gasteiger partial charge in [-0.3, -0.25) is 9.10 Å². The van der Waals surface area contributed by atoms with Crippen molar-refractivity contribution in [1.82, 2.24) is 5.32 Å². The minimum absolute atomic E-state index is 0.0401. The van der Waals surface area contributed by atoms with Gasteiger partial charge in [0.1, 0.15) is 5.75 Å². The van der Waals surface area contributed by atoms with Crippen LogP contribution in [-0.2, 0) is 16.6 Å². The molecule has 33 heavy (non-hydrogen) atoms. The van der Waals surface area contributed by atoms with Crippen LogP contribution in [-0.4, -0.2) is 27.7 Å². The molecule has 0 aliphatic rings. The number of carbonyl (C=O) groups is 1. The van der Waals surface area contributed by atoms with E-state index in [1.54, 1.807) is 49.6 Å². The first-order valence-electron chi connectivity index (χ1n) is 10.1. The molecular formula is C24H24Cl2N2O4S. The SMILES string of the molecule is COc1ccccc1[C@@H](C)NC(=O)c1ccc(CN(c2cccc(Cl)c2Cl)S(C)(=O)=O)cc1. The van der Waals surface area contributed by atoms with Crippen LogP contribution in [0.3, 0.4) is 0 Å². The number of amides is 1. The topological polar surface area (TPSA) is 75.7 Å². The lowest BCUT2D eigenvalue weighted by Crippen LogP contribution is -2.30. The van der Waals surface area contributed by atoms with E-state index >= 15 is 0 Å². The van der Waals surface area contributed by atoms with Crippen LogP contribution in [0.1, 0.15) is 34.5 Å². The zero-order valence-corrected chi connectivity index (χ0v) is 20.7. The Morgan fingerprint density at radius 1 is 1.03 bits per heavy atom. The Morgan fingerprint density at radius 2 is 1.70 bits per heavy atom. The van der Waals surface area contributed by atoms with Gasteiger partial charge in [-0.05, 0) is 42.8 Å². The average molecular weight is 507 g/mol. The molecule has 0 aromatic heterocycles. The largest absolute Gasteiger partial charge is 0.496 e. The van der Waals surface area contributed by atoms with E-state index < -0.39 is 10.0 Å². The number of benzene rings is 3. The third-order valence-corrected chi connectivity index (χ3v) is 7.03. The van der Waals surface area contributed by atoms with Gasteiger partial charge in [0.25, 0.3) is 5.91 Å². The fourth-order valence-corrected chi connectivity index (χ4v) is 4.72. The second-order valence-electron chi connectivity index (χ2n) is 7.48. The first kappa shape index (κ1) is 24.9. The summed E-state index contributed by atoms with van der Waals surface area (Å²) in [6.07, 6.45) is 1.10. The molecule has 1 N–H and O–H groups in total. The van der Waals surface area contributed by atoms with E-state index in [1.165, 1.54) is 4.31 Å². The summed E-state index contributed by atoms with van der Waals surface area (Å²) in [6, 6.07) is 18.8. The molecule has 0 unspecified atom stereocenters. The number of sulfonamides is 1. The van der Waals surface area contributed by atoms with Crippen LogP contribution in [0.15, 0.2) is 66.7 Å². The molecule has 0 saturated carbocycles. The summed E-state index contributed by atoms with van der Waals surface area (Å²) in [6.45, 7) is 1.92. The summed E-state index contributed by atoms with van der Waals surface area (Å²) < 4.78 is 31.4. The van der Waals surface area contributed by atoms with E-state index in [2.05, 4.69) is 5.32 Å². The Labute approximate surface area is 204 Å². The number of para-hydroxylation sites is 1. The number of nitrogens with zero attached hydrogens (tertiary/aromatic N) is 1. The van der Waals surface area contributed by atoms with Gasteiger partial charge < -0.3 is 10.1 Å². The molecule has 0 fully saturated rings. The molecular weight excluding hydrogens is 483 g/mol. The van der Waals surface area contributed by atoms with Crippen molar-refractivity contribution in [3.63, 3.8) is 0 Å². The summed E-state index contributed by atoms with van der Waals surface area (Å²) >= 11 is 12.3. The fourth-order valence-electron chi connectivity index (χ4n) is 3.38. The van der Waals surface area contributed by atoms with Crippen molar-refractivity contribution in [2.24, 2.45) is 0 Å². The van der Waals surface area contributed by atoms with Crippen molar-refractivity contribution in [2.45, 2.75) is 19.5 Å². The van der Waals surface area contributed by atoms with Crippen molar-refractivity contribution >= 4 is 44.8 Å². The Hall–Kier alpha value is -2.74. The highest BCUT2D eigenvalue weighted by Crippen LogP contribution is 2.34. The highest BCUT2D eigenvalue weighted by molar-refractivity contribution is 7.92. The first-order chi connectivity index (χ1) is 15.6. The number of carbonyl (C=O) groups excluding carboxylic acids is 1. The van der Waals surface area contributed by atoms with Gasteiger partial charge in [0.05, 0.1) is 41.7 Å². The molecule has 0 heterocycles. The normalized spacial score (nSPS) is 12.2. The van der Waals surface area contributed by atoms with Crippen molar-refractivity contribution in [3.8, 4) is 5.75 Å². The number of rotatable bonds is 8. The lowest BCUT2D eigenvalue weighted by Gasteiger charge is -2.24. The number of anilines is 1. The molecule has 1 atom stereocenters. The van der Waals surface area contributed by atoms with Crippen molar-refractivity contribution in [3.05, 3.63) is 93.5 Å². The molecule has 174 valence electrons. The molecule has 6 nitrogen and oxygen atoms in total. The Balaban J connectivity index is 1.77. The van der Waals surface area contributed by atoms with Gasteiger partial charge in [0.2, 0.25) is 10.0 Å². The molecule has 3 aromatic rings. The maximum atomic E-state index is 12.7. The molecule has 3 rings (SSSR count). The standard InChI is InChI=1S/C24H24Cl2N2O4S/c1-16(19-7-4-5-10-22(19)32-2)27-24(29)18-13-11-17(12-14-18)15-28(33(3,30)31)21-9-6-8-20(25)23(21)26/h4-14,16H,15H2,1-3H3,(H,27,29)/t16-/m1/s1. The van der Waals surface area contributed by atoms with Crippen LogP contribution in [0.2, 0.25) is 10.0 Å². The third kappa shape index (κ3) is 5.99. The monoisotopic (exact) mass is 506 g/mol. The number of nitrogens with one attached hydrogen (secondary N) is 1. The van der Waals surface area contributed by atoms with Gasteiger partial charge in [-0.25, -0.2) is 8.42 Å². The van der Waals surface area contributed by atoms with Crippen molar-refractivity contribution in [2.75, 3.05) is 17.7 Å². The smallest absolute Gasteiger partial charge is 0.251 e. The predicted molar refractivity (Wildman–Crippen MR) is 133 cm³/mol. The number of ether oxygens (including phenoxy) is 1. The van der Waals surface area contributed by atoms with Crippen molar-refractivity contribution < 1.29 is 17.9 Å². The van der Waals surface area contributed by atoms with Crippen molar-refractivity contribution in [1.29, 1.82) is 0 Å². The maximum absolute atomic E-state index is 12.7. The zero-order valence-electron chi connectivity index (χ0n) is 18.4. The maximum Gasteiger partial charge on any atom is 0.251 e. The van der Waals surface area contributed by atoms with E-state index in [1.807, 2.05) is 31.2 Å². The lowest BCUT2D eigenvalue weighted by molar-refractivity contribution is 0.0939. The second kappa shape index (κ2) is 10.5. The molecule has 0 bridgehead atoms. The number of methoxy groups -OCH3 is 1. The van der Waals surface area contributed by atoms with Gasteiger partial charge in [-0.15, -0.1) is 0 Å².